The lowest BCUT2D eigenvalue weighted by atomic mass is 10.2. The van der Waals surface area contributed by atoms with Gasteiger partial charge < -0.3 is 4.52 Å². The summed E-state index contributed by atoms with van der Waals surface area (Å²) in [7, 11) is -3.09. The van der Waals surface area contributed by atoms with Crippen molar-refractivity contribution in [2.45, 2.75) is 25.8 Å². The number of hydrogen-bond donors (Lipinski definition) is 0. The third-order valence-corrected chi connectivity index (χ3v) is 7.34. The average Bonchev–Trinajstić information content (AvgIpc) is 3.13. The molecule has 0 amide bonds. The predicted molar refractivity (Wildman–Crippen MR) is 92.9 cm³/mol. The molecule has 4 nitrogen and oxygen atoms in total. The molecule has 2 aliphatic rings. The maximum atomic E-state index is 13.9. The molecule has 0 aliphatic carbocycles. The van der Waals surface area contributed by atoms with Crippen LogP contribution in [0.3, 0.4) is 0 Å². The average molecular weight is 328 g/mol. The van der Waals surface area contributed by atoms with E-state index in [1.807, 2.05) is 66.2 Å². The molecule has 2 saturated heterocycles. The second-order valence-corrected chi connectivity index (χ2v) is 8.38. The molecule has 2 atom stereocenters. The van der Waals surface area contributed by atoms with E-state index in [-0.39, 0.29) is 0 Å². The van der Waals surface area contributed by atoms with Crippen molar-refractivity contribution in [3.05, 3.63) is 60.2 Å². The molecule has 4 rings (SSSR count). The van der Waals surface area contributed by atoms with Gasteiger partial charge in [-0.1, -0.05) is 36.4 Å². The molecular weight excluding hydrogens is 307 g/mol. The van der Waals surface area contributed by atoms with Gasteiger partial charge >= 0.3 is 7.67 Å². The largest absolute Gasteiger partial charge is 0.422 e. The third kappa shape index (κ3) is 2.46. The molecule has 0 spiro atoms. The van der Waals surface area contributed by atoms with Crippen molar-refractivity contribution in [2.24, 2.45) is 0 Å². The van der Waals surface area contributed by atoms with Crippen LogP contribution < -0.4 is 9.19 Å². The highest BCUT2D eigenvalue weighted by atomic mass is 31.2. The number of hydrogen-bond acceptors (Lipinski definition) is 2. The Morgan fingerprint density at radius 1 is 1.09 bits per heavy atom. The van der Waals surface area contributed by atoms with E-state index in [1.165, 1.54) is 0 Å². The van der Waals surface area contributed by atoms with Crippen LogP contribution in [-0.2, 0) is 4.57 Å². The quantitative estimate of drug-likeness (QED) is 0.779. The SMILES string of the molecule is Cc1ccccc1OP1(=O)N(c2ccccc2)CC2CCCN21. The monoisotopic (exact) mass is 328 g/mol. The van der Waals surface area contributed by atoms with Crippen molar-refractivity contribution >= 4 is 13.4 Å². The number of aryl methyl sites for hydroxylation is 1. The van der Waals surface area contributed by atoms with Crippen molar-refractivity contribution in [3.8, 4) is 5.75 Å². The number of para-hydroxylation sites is 2. The van der Waals surface area contributed by atoms with Crippen molar-refractivity contribution in [1.29, 1.82) is 0 Å². The molecular formula is C18H21N2O2P. The summed E-state index contributed by atoms with van der Waals surface area (Å²) in [5.74, 6) is 0.712. The second kappa shape index (κ2) is 5.70. The van der Waals surface area contributed by atoms with Gasteiger partial charge in [-0.3, -0.25) is 4.67 Å². The van der Waals surface area contributed by atoms with Crippen LogP contribution in [0.25, 0.3) is 0 Å². The van der Waals surface area contributed by atoms with Crippen LogP contribution in [0.1, 0.15) is 18.4 Å². The van der Waals surface area contributed by atoms with Gasteiger partial charge in [0.2, 0.25) is 0 Å². The first-order chi connectivity index (χ1) is 11.2. The van der Waals surface area contributed by atoms with Crippen LogP contribution in [0, 0.1) is 6.92 Å². The van der Waals surface area contributed by atoms with Crippen LogP contribution in [0.5, 0.6) is 5.75 Å². The second-order valence-electron chi connectivity index (χ2n) is 6.22. The summed E-state index contributed by atoms with van der Waals surface area (Å²) >= 11 is 0. The van der Waals surface area contributed by atoms with Gasteiger partial charge in [-0.05, 0) is 43.5 Å². The molecule has 2 unspecified atom stereocenters. The van der Waals surface area contributed by atoms with Gasteiger partial charge in [-0.2, -0.15) is 4.67 Å². The highest BCUT2D eigenvalue weighted by Crippen LogP contribution is 2.63. The zero-order valence-corrected chi connectivity index (χ0v) is 14.2. The maximum absolute atomic E-state index is 13.9. The van der Waals surface area contributed by atoms with Crippen LogP contribution in [0.15, 0.2) is 54.6 Å². The van der Waals surface area contributed by atoms with Crippen molar-refractivity contribution in [1.82, 2.24) is 4.67 Å². The van der Waals surface area contributed by atoms with Crippen LogP contribution >= 0.6 is 7.67 Å². The van der Waals surface area contributed by atoms with Crippen molar-refractivity contribution in [3.63, 3.8) is 0 Å². The first-order valence-electron chi connectivity index (χ1n) is 8.14. The summed E-state index contributed by atoms with van der Waals surface area (Å²) in [5.41, 5.74) is 1.98. The lowest BCUT2D eigenvalue weighted by Crippen LogP contribution is -2.23. The highest BCUT2D eigenvalue weighted by molar-refractivity contribution is 7.59. The van der Waals surface area contributed by atoms with E-state index >= 15 is 0 Å². The molecule has 2 aromatic rings. The molecule has 5 heteroatoms. The zero-order chi connectivity index (χ0) is 15.9. The molecule has 2 heterocycles. The fraction of sp³-hybridized carbons (Fsp3) is 0.333. The number of benzene rings is 2. The van der Waals surface area contributed by atoms with E-state index in [2.05, 4.69) is 4.67 Å². The smallest absolute Gasteiger partial charge is 0.418 e. The molecule has 0 saturated carbocycles. The molecule has 2 aromatic carbocycles. The van der Waals surface area contributed by atoms with Gasteiger partial charge in [-0.15, -0.1) is 0 Å². The van der Waals surface area contributed by atoms with Gasteiger partial charge in [0, 0.05) is 24.8 Å². The highest BCUT2D eigenvalue weighted by Gasteiger charge is 2.53. The Morgan fingerprint density at radius 3 is 2.61 bits per heavy atom. The number of anilines is 1. The lowest BCUT2D eigenvalue weighted by Gasteiger charge is -2.30. The Hall–Kier alpha value is -1.77. The molecule has 0 N–H and O–H groups in total. The number of nitrogens with zero attached hydrogens (tertiary/aromatic N) is 2. The van der Waals surface area contributed by atoms with Gasteiger partial charge in [-0.25, -0.2) is 4.57 Å². The zero-order valence-electron chi connectivity index (χ0n) is 13.3. The van der Waals surface area contributed by atoms with E-state index in [1.54, 1.807) is 0 Å². The van der Waals surface area contributed by atoms with E-state index in [0.717, 1.165) is 37.2 Å². The minimum Gasteiger partial charge on any atom is -0.418 e. The topological polar surface area (TPSA) is 32.8 Å². The van der Waals surface area contributed by atoms with Gasteiger partial charge in [0.1, 0.15) is 5.75 Å². The van der Waals surface area contributed by atoms with Gasteiger partial charge in [0.25, 0.3) is 0 Å². The van der Waals surface area contributed by atoms with Gasteiger partial charge in [0.05, 0.1) is 0 Å². The maximum Gasteiger partial charge on any atom is 0.422 e. The molecule has 2 fully saturated rings. The lowest BCUT2D eigenvalue weighted by molar-refractivity contribution is 0.373. The summed E-state index contributed by atoms with van der Waals surface area (Å²) < 4.78 is 24.2. The normalized spacial score (nSPS) is 27.2. The molecule has 120 valence electrons. The van der Waals surface area contributed by atoms with Crippen LogP contribution in [0.2, 0.25) is 0 Å². The summed E-state index contributed by atoms with van der Waals surface area (Å²) in [6, 6.07) is 18.1. The fourth-order valence-electron chi connectivity index (χ4n) is 3.52. The minimum absolute atomic E-state index is 0.324. The Bertz CT molecular complexity index is 750. The molecule has 0 aromatic heterocycles. The molecule has 0 radical (unpaired) electrons. The molecule has 23 heavy (non-hydrogen) atoms. The standard InChI is InChI=1S/C18H21N2O2P/c1-15-8-5-6-12-18(15)22-23(21)19-13-7-11-17(19)14-20(23)16-9-3-2-4-10-16/h2-6,8-10,12,17H,7,11,13-14H2,1H3. The Balaban J connectivity index is 1.75. The van der Waals surface area contributed by atoms with Crippen LogP contribution in [0.4, 0.5) is 5.69 Å². The molecule has 2 aliphatic heterocycles. The Morgan fingerprint density at radius 2 is 1.83 bits per heavy atom. The number of fused-ring (bicyclic) bond motifs is 1. The summed E-state index contributed by atoms with van der Waals surface area (Å²) in [5, 5.41) is 0. The van der Waals surface area contributed by atoms with Gasteiger partial charge in [0.15, 0.2) is 0 Å². The van der Waals surface area contributed by atoms with Crippen molar-refractivity contribution < 1.29 is 9.09 Å². The Labute approximate surface area is 137 Å². The van der Waals surface area contributed by atoms with E-state index in [9.17, 15) is 4.57 Å². The fourth-order valence-corrected chi connectivity index (χ4v) is 6.28. The van der Waals surface area contributed by atoms with E-state index < -0.39 is 7.67 Å². The first-order valence-corrected chi connectivity index (χ1v) is 9.67. The predicted octanol–water partition coefficient (Wildman–Crippen LogP) is 4.47. The first kappa shape index (κ1) is 14.8. The van der Waals surface area contributed by atoms with E-state index in [4.69, 9.17) is 4.52 Å². The summed E-state index contributed by atoms with van der Waals surface area (Å²) in [6.07, 6.45) is 2.18. The van der Waals surface area contributed by atoms with Crippen LogP contribution in [-0.4, -0.2) is 23.8 Å². The number of rotatable bonds is 3. The van der Waals surface area contributed by atoms with E-state index in [0.29, 0.717) is 11.8 Å². The minimum atomic E-state index is -3.09. The van der Waals surface area contributed by atoms with Crippen molar-refractivity contribution in [2.75, 3.05) is 17.8 Å². The Kier molecular flexibility index (Phi) is 3.67. The summed E-state index contributed by atoms with van der Waals surface area (Å²) in [6.45, 7) is 3.61. The third-order valence-electron chi connectivity index (χ3n) is 4.72. The summed E-state index contributed by atoms with van der Waals surface area (Å²) in [4.78, 5) is 0. The molecule has 0 bridgehead atoms.